The maximum atomic E-state index is 11.8. The Morgan fingerprint density at radius 3 is 3.16 bits per heavy atom. The number of nitrogens with zero attached hydrogens (tertiary/aromatic N) is 1. The molecule has 1 heterocycles. The molecule has 0 aromatic heterocycles. The Balaban J connectivity index is 1.75. The molecule has 1 aliphatic heterocycles. The lowest BCUT2D eigenvalue weighted by molar-refractivity contribution is -0.117. The summed E-state index contributed by atoms with van der Waals surface area (Å²) in [4.78, 5) is 14.1. The van der Waals surface area contributed by atoms with Gasteiger partial charge in [0.25, 0.3) is 0 Å². The van der Waals surface area contributed by atoms with Crippen LogP contribution in [0.15, 0.2) is 24.3 Å². The molecule has 1 aromatic carbocycles. The SMILES string of the molecule is CC1CN(CCC(=O)Nc2cccc(N)c2)CCO1. The lowest BCUT2D eigenvalue weighted by Crippen LogP contribution is -2.42. The molecule has 1 saturated heterocycles. The topological polar surface area (TPSA) is 67.6 Å². The Labute approximate surface area is 113 Å². The molecule has 19 heavy (non-hydrogen) atoms. The number of carbonyl (C=O) groups is 1. The zero-order valence-electron chi connectivity index (χ0n) is 11.3. The Morgan fingerprint density at radius 2 is 2.42 bits per heavy atom. The molecular formula is C14H21N3O2. The molecule has 104 valence electrons. The molecule has 0 aliphatic carbocycles. The quantitative estimate of drug-likeness (QED) is 0.804. The second kappa shape index (κ2) is 6.54. The highest BCUT2D eigenvalue weighted by Crippen LogP contribution is 2.12. The average molecular weight is 263 g/mol. The zero-order valence-corrected chi connectivity index (χ0v) is 11.3. The number of carbonyl (C=O) groups excluding carboxylic acids is 1. The summed E-state index contributed by atoms with van der Waals surface area (Å²) in [5.74, 6) is 0.0183. The van der Waals surface area contributed by atoms with Crippen molar-refractivity contribution >= 4 is 17.3 Å². The fraction of sp³-hybridized carbons (Fsp3) is 0.500. The van der Waals surface area contributed by atoms with Gasteiger partial charge >= 0.3 is 0 Å². The first-order chi connectivity index (χ1) is 9.13. The molecule has 3 N–H and O–H groups in total. The third-order valence-electron chi connectivity index (χ3n) is 3.15. The monoisotopic (exact) mass is 263 g/mol. The molecule has 5 nitrogen and oxygen atoms in total. The van der Waals surface area contributed by atoms with Gasteiger partial charge in [-0.2, -0.15) is 0 Å². The van der Waals surface area contributed by atoms with Gasteiger partial charge in [-0.25, -0.2) is 0 Å². The van der Waals surface area contributed by atoms with Crippen molar-refractivity contribution in [1.29, 1.82) is 0 Å². The third kappa shape index (κ3) is 4.54. The molecular weight excluding hydrogens is 242 g/mol. The summed E-state index contributed by atoms with van der Waals surface area (Å²) in [7, 11) is 0. The summed E-state index contributed by atoms with van der Waals surface area (Å²) < 4.78 is 5.47. The minimum Gasteiger partial charge on any atom is -0.399 e. The molecule has 1 amide bonds. The Morgan fingerprint density at radius 1 is 1.58 bits per heavy atom. The van der Waals surface area contributed by atoms with Gasteiger partial charge in [-0.05, 0) is 25.1 Å². The smallest absolute Gasteiger partial charge is 0.225 e. The van der Waals surface area contributed by atoms with Crippen LogP contribution in [0.1, 0.15) is 13.3 Å². The van der Waals surface area contributed by atoms with E-state index in [1.807, 2.05) is 12.1 Å². The highest BCUT2D eigenvalue weighted by Gasteiger charge is 2.17. The number of morpholine rings is 1. The number of ether oxygens (including phenoxy) is 1. The largest absolute Gasteiger partial charge is 0.399 e. The van der Waals surface area contributed by atoms with Crippen molar-refractivity contribution < 1.29 is 9.53 Å². The van der Waals surface area contributed by atoms with Crippen molar-refractivity contribution in [3.8, 4) is 0 Å². The lowest BCUT2D eigenvalue weighted by Gasteiger charge is -2.30. The van der Waals surface area contributed by atoms with E-state index < -0.39 is 0 Å². The van der Waals surface area contributed by atoms with Gasteiger partial charge in [0.15, 0.2) is 0 Å². The van der Waals surface area contributed by atoms with Crippen LogP contribution in [0, 0.1) is 0 Å². The molecule has 0 bridgehead atoms. The first-order valence-corrected chi connectivity index (χ1v) is 6.63. The van der Waals surface area contributed by atoms with Crippen molar-refractivity contribution in [2.75, 3.05) is 37.3 Å². The second-order valence-electron chi connectivity index (χ2n) is 4.91. The van der Waals surface area contributed by atoms with E-state index in [4.69, 9.17) is 10.5 Å². The number of benzene rings is 1. The maximum absolute atomic E-state index is 11.8. The molecule has 1 aromatic rings. The van der Waals surface area contributed by atoms with Crippen LogP contribution in [-0.2, 0) is 9.53 Å². The number of amides is 1. The molecule has 5 heteroatoms. The highest BCUT2D eigenvalue weighted by atomic mass is 16.5. The van der Waals surface area contributed by atoms with Gasteiger partial charge in [-0.1, -0.05) is 6.07 Å². The summed E-state index contributed by atoms with van der Waals surface area (Å²) in [6.07, 6.45) is 0.743. The van der Waals surface area contributed by atoms with Gasteiger partial charge in [0.1, 0.15) is 0 Å². The Bertz CT molecular complexity index is 436. The maximum Gasteiger partial charge on any atom is 0.225 e. The van der Waals surface area contributed by atoms with Crippen LogP contribution >= 0.6 is 0 Å². The molecule has 1 aliphatic rings. The third-order valence-corrected chi connectivity index (χ3v) is 3.15. The standard InChI is InChI=1S/C14H21N3O2/c1-11-10-17(7-8-19-11)6-5-14(18)16-13-4-2-3-12(15)9-13/h2-4,9,11H,5-8,10,15H2,1H3,(H,16,18). The zero-order chi connectivity index (χ0) is 13.7. The molecule has 0 spiro atoms. The molecule has 1 fully saturated rings. The highest BCUT2D eigenvalue weighted by molar-refractivity contribution is 5.91. The molecule has 0 radical (unpaired) electrons. The predicted octanol–water partition coefficient (Wildman–Crippen LogP) is 1.32. The fourth-order valence-corrected chi connectivity index (χ4v) is 2.19. The van der Waals surface area contributed by atoms with E-state index >= 15 is 0 Å². The number of nitrogen functional groups attached to an aromatic ring is 1. The van der Waals surface area contributed by atoms with Crippen molar-refractivity contribution in [3.63, 3.8) is 0 Å². The first-order valence-electron chi connectivity index (χ1n) is 6.63. The van der Waals surface area contributed by atoms with E-state index in [9.17, 15) is 4.79 Å². The van der Waals surface area contributed by atoms with E-state index in [2.05, 4.69) is 17.1 Å². The molecule has 1 atom stereocenters. The van der Waals surface area contributed by atoms with Crippen molar-refractivity contribution in [1.82, 2.24) is 4.90 Å². The van der Waals surface area contributed by atoms with E-state index in [-0.39, 0.29) is 12.0 Å². The molecule has 1 unspecified atom stereocenters. The van der Waals surface area contributed by atoms with Crippen LogP contribution in [0.25, 0.3) is 0 Å². The number of rotatable bonds is 4. The van der Waals surface area contributed by atoms with E-state index in [1.165, 1.54) is 0 Å². The van der Waals surface area contributed by atoms with Crippen LogP contribution < -0.4 is 11.1 Å². The first kappa shape index (κ1) is 13.8. The summed E-state index contributed by atoms with van der Waals surface area (Å²) in [5, 5.41) is 2.86. The van der Waals surface area contributed by atoms with Gasteiger partial charge < -0.3 is 15.8 Å². The van der Waals surface area contributed by atoms with Crippen LogP contribution in [0.2, 0.25) is 0 Å². The van der Waals surface area contributed by atoms with Gasteiger partial charge in [0.05, 0.1) is 12.7 Å². The Kier molecular flexibility index (Phi) is 4.76. The van der Waals surface area contributed by atoms with Gasteiger partial charge in [-0.15, -0.1) is 0 Å². The second-order valence-corrected chi connectivity index (χ2v) is 4.91. The van der Waals surface area contributed by atoms with Gasteiger partial charge in [0, 0.05) is 37.4 Å². The average Bonchev–Trinajstić information content (AvgIpc) is 2.36. The minimum atomic E-state index is 0.0183. The number of hydrogen-bond acceptors (Lipinski definition) is 4. The van der Waals surface area contributed by atoms with E-state index in [0.29, 0.717) is 12.1 Å². The van der Waals surface area contributed by atoms with Crippen molar-refractivity contribution in [3.05, 3.63) is 24.3 Å². The van der Waals surface area contributed by atoms with Gasteiger partial charge in [-0.3, -0.25) is 9.69 Å². The number of anilines is 2. The molecule has 0 saturated carbocycles. The van der Waals surface area contributed by atoms with Crippen molar-refractivity contribution in [2.24, 2.45) is 0 Å². The van der Waals surface area contributed by atoms with Crippen LogP contribution in [0.5, 0.6) is 0 Å². The fourth-order valence-electron chi connectivity index (χ4n) is 2.19. The summed E-state index contributed by atoms with van der Waals surface area (Å²) >= 11 is 0. The minimum absolute atomic E-state index is 0.0183. The summed E-state index contributed by atoms with van der Waals surface area (Å²) in [6.45, 7) is 5.36. The summed E-state index contributed by atoms with van der Waals surface area (Å²) in [5.41, 5.74) is 7.07. The van der Waals surface area contributed by atoms with E-state index in [0.717, 1.165) is 31.9 Å². The Hall–Kier alpha value is -1.59. The van der Waals surface area contributed by atoms with Gasteiger partial charge in [0.2, 0.25) is 5.91 Å². The summed E-state index contributed by atoms with van der Waals surface area (Å²) in [6, 6.07) is 7.22. The van der Waals surface area contributed by atoms with E-state index in [1.54, 1.807) is 12.1 Å². The van der Waals surface area contributed by atoms with Crippen molar-refractivity contribution in [2.45, 2.75) is 19.4 Å². The van der Waals surface area contributed by atoms with Crippen LogP contribution in [-0.4, -0.2) is 43.2 Å². The predicted molar refractivity (Wildman–Crippen MR) is 76.0 cm³/mol. The van der Waals surface area contributed by atoms with Crippen LogP contribution in [0.3, 0.4) is 0 Å². The number of nitrogens with one attached hydrogen (secondary N) is 1. The number of hydrogen-bond donors (Lipinski definition) is 2. The normalized spacial score (nSPS) is 20.2. The molecule has 2 rings (SSSR count). The lowest BCUT2D eigenvalue weighted by atomic mass is 10.2. The number of nitrogens with two attached hydrogens (primary N) is 1. The van der Waals surface area contributed by atoms with Crippen LogP contribution in [0.4, 0.5) is 11.4 Å².